The minimum absolute atomic E-state index is 0.220. The van der Waals surface area contributed by atoms with Crippen molar-refractivity contribution in [1.29, 1.82) is 0 Å². The molecule has 1 aliphatic carbocycles. The number of allylic oxidation sites excluding steroid dienone is 3. The Morgan fingerprint density at radius 3 is 2.12 bits per heavy atom. The Morgan fingerprint density at radius 2 is 1.47 bits per heavy atom. The Balaban J connectivity index is 1.87. The first-order valence-electron chi connectivity index (χ1n) is 12.5. The van der Waals surface area contributed by atoms with E-state index in [0.717, 1.165) is 37.9 Å². The van der Waals surface area contributed by atoms with Crippen molar-refractivity contribution in [3.05, 3.63) is 35.3 Å². The molecule has 0 N–H and O–H groups in total. The first-order valence-corrected chi connectivity index (χ1v) is 12.5. The maximum atomic E-state index is 13.0. The van der Waals surface area contributed by atoms with E-state index in [4.69, 9.17) is 9.47 Å². The number of ketones is 2. The Labute approximate surface area is 193 Å². The van der Waals surface area contributed by atoms with Gasteiger partial charge in [-0.1, -0.05) is 78.1 Å². The number of rotatable bonds is 15. The van der Waals surface area contributed by atoms with E-state index in [1.165, 1.54) is 64.2 Å². The molecule has 2 rings (SSSR count). The number of fused-ring (bicyclic) bond motifs is 1. The van der Waals surface area contributed by atoms with Crippen molar-refractivity contribution in [2.24, 2.45) is 0 Å². The van der Waals surface area contributed by atoms with Crippen LogP contribution >= 0.6 is 0 Å². The van der Waals surface area contributed by atoms with Crippen molar-refractivity contribution < 1.29 is 23.9 Å². The van der Waals surface area contributed by atoms with Crippen LogP contribution in [0.1, 0.15) is 111 Å². The van der Waals surface area contributed by atoms with E-state index in [1.54, 1.807) is 6.08 Å². The molecule has 1 aliphatic heterocycles. The molecule has 178 valence electrons. The Bertz CT molecular complexity index is 758. The highest BCUT2D eigenvalue weighted by Gasteiger charge is 2.49. The molecule has 0 bridgehead atoms. The minimum Gasteiger partial charge on any atom is -0.469 e. The molecule has 0 aromatic heterocycles. The molecule has 0 radical (unpaired) electrons. The second kappa shape index (κ2) is 13.4. The van der Waals surface area contributed by atoms with Crippen molar-refractivity contribution in [2.45, 2.75) is 116 Å². The van der Waals surface area contributed by atoms with E-state index >= 15 is 0 Å². The highest BCUT2D eigenvalue weighted by Crippen LogP contribution is 2.34. The smallest absolute Gasteiger partial charge is 0.307 e. The van der Waals surface area contributed by atoms with E-state index in [9.17, 15) is 14.4 Å². The summed E-state index contributed by atoms with van der Waals surface area (Å²) in [5, 5.41) is 0. The van der Waals surface area contributed by atoms with Crippen LogP contribution in [0.3, 0.4) is 0 Å². The van der Waals surface area contributed by atoms with Crippen LogP contribution in [-0.4, -0.2) is 23.1 Å². The Kier molecular flexibility index (Phi) is 10.9. The molecule has 0 fully saturated rings. The first-order chi connectivity index (χ1) is 15.4. The highest BCUT2D eigenvalue weighted by atomic mass is 16.6. The van der Waals surface area contributed by atoms with Gasteiger partial charge in [0.25, 0.3) is 0 Å². The standard InChI is InChI=1S/C27H40O5/c1-4-6-8-10-11-13-15-17-25(29)32-27(3)24(28)19-21-18-22(16-14-12-9-7-5-2)31-20-23(21)26(27)30/h18-20H,4-17H2,1-3H3/t27-/m1/s1. The molecule has 5 heteroatoms. The number of hydrogen-bond donors (Lipinski definition) is 0. The Hall–Kier alpha value is -2.17. The quantitative estimate of drug-likeness (QED) is 0.160. The average molecular weight is 445 g/mol. The van der Waals surface area contributed by atoms with Gasteiger partial charge in [-0.05, 0) is 37.5 Å². The summed E-state index contributed by atoms with van der Waals surface area (Å²) in [5.41, 5.74) is -0.955. The van der Waals surface area contributed by atoms with Crippen LogP contribution in [0.4, 0.5) is 0 Å². The van der Waals surface area contributed by atoms with Gasteiger partial charge in [0.2, 0.25) is 17.2 Å². The van der Waals surface area contributed by atoms with Gasteiger partial charge in [0, 0.05) is 12.8 Å². The van der Waals surface area contributed by atoms with Crippen molar-refractivity contribution in [1.82, 2.24) is 0 Å². The molecule has 0 unspecified atom stereocenters. The van der Waals surface area contributed by atoms with E-state index in [0.29, 0.717) is 17.6 Å². The van der Waals surface area contributed by atoms with Crippen LogP contribution in [-0.2, 0) is 23.9 Å². The summed E-state index contributed by atoms with van der Waals surface area (Å²) in [6.45, 7) is 5.76. The predicted molar refractivity (Wildman–Crippen MR) is 126 cm³/mol. The monoisotopic (exact) mass is 444 g/mol. The van der Waals surface area contributed by atoms with Gasteiger partial charge < -0.3 is 9.47 Å². The van der Waals surface area contributed by atoms with E-state index in [-0.39, 0.29) is 6.42 Å². The molecule has 0 spiro atoms. The molecule has 0 saturated carbocycles. The van der Waals surface area contributed by atoms with Gasteiger partial charge in [0.15, 0.2) is 0 Å². The fourth-order valence-corrected chi connectivity index (χ4v) is 4.08. The van der Waals surface area contributed by atoms with Gasteiger partial charge in [-0.2, -0.15) is 0 Å². The molecule has 0 saturated heterocycles. The summed E-state index contributed by atoms with van der Waals surface area (Å²) in [6.07, 6.45) is 19.0. The zero-order valence-electron chi connectivity index (χ0n) is 20.2. The molecule has 32 heavy (non-hydrogen) atoms. The molecule has 0 aromatic carbocycles. The number of ether oxygens (including phenoxy) is 2. The lowest BCUT2D eigenvalue weighted by molar-refractivity contribution is -0.169. The van der Waals surface area contributed by atoms with Crippen LogP contribution < -0.4 is 0 Å². The predicted octanol–water partition coefficient (Wildman–Crippen LogP) is 6.67. The third kappa shape index (κ3) is 7.46. The summed E-state index contributed by atoms with van der Waals surface area (Å²) < 4.78 is 11.1. The number of carbonyl (C=O) groups is 3. The molecule has 0 aromatic rings. The second-order valence-electron chi connectivity index (χ2n) is 9.10. The average Bonchev–Trinajstić information content (AvgIpc) is 2.77. The maximum absolute atomic E-state index is 13.0. The number of unbranched alkanes of at least 4 members (excludes halogenated alkanes) is 10. The first kappa shape index (κ1) is 26.1. The van der Waals surface area contributed by atoms with Crippen LogP contribution in [0.2, 0.25) is 0 Å². The van der Waals surface area contributed by atoms with E-state index in [1.807, 2.05) is 0 Å². The maximum Gasteiger partial charge on any atom is 0.307 e. The SMILES string of the molecule is CCCCCCCCCC(=O)O[C@]1(C)C(=O)C=C2C=C(CCCCCCC)OC=C2C1=O. The molecule has 5 nitrogen and oxygen atoms in total. The third-order valence-corrected chi connectivity index (χ3v) is 6.22. The van der Waals surface area contributed by atoms with Crippen LogP contribution in [0.5, 0.6) is 0 Å². The lowest BCUT2D eigenvalue weighted by Crippen LogP contribution is -2.50. The van der Waals surface area contributed by atoms with Crippen molar-refractivity contribution in [3.63, 3.8) is 0 Å². The molecular formula is C27H40O5. The third-order valence-electron chi connectivity index (χ3n) is 6.22. The van der Waals surface area contributed by atoms with Gasteiger partial charge in [0.1, 0.15) is 12.0 Å². The molecular weight excluding hydrogens is 404 g/mol. The summed E-state index contributed by atoms with van der Waals surface area (Å²) >= 11 is 0. The lowest BCUT2D eigenvalue weighted by Gasteiger charge is -2.31. The highest BCUT2D eigenvalue weighted by molar-refractivity contribution is 6.26. The normalized spacial score (nSPS) is 20.2. The van der Waals surface area contributed by atoms with Crippen molar-refractivity contribution >= 4 is 17.5 Å². The number of hydrogen-bond acceptors (Lipinski definition) is 5. The lowest BCUT2D eigenvalue weighted by atomic mass is 9.80. The fraction of sp³-hybridized carbons (Fsp3) is 0.667. The Morgan fingerprint density at radius 1 is 0.875 bits per heavy atom. The molecule has 2 aliphatic rings. The zero-order valence-corrected chi connectivity index (χ0v) is 20.2. The summed E-state index contributed by atoms with van der Waals surface area (Å²) in [7, 11) is 0. The van der Waals surface area contributed by atoms with Gasteiger partial charge in [-0.15, -0.1) is 0 Å². The minimum atomic E-state index is -1.80. The van der Waals surface area contributed by atoms with Gasteiger partial charge >= 0.3 is 5.97 Å². The molecule has 0 amide bonds. The largest absolute Gasteiger partial charge is 0.469 e. The summed E-state index contributed by atoms with van der Waals surface area (Å²) in [5.74, 6) is -0.731. The van der Waals surface area contributed by atoms with Crippen molar-refractivity contribution in [2.75, 3.05) is 0 Å². The van der Waals surface area contributed by atoms with E-state index < -0.39 is 23.1 Å². The number of Topliss-reactive ketones (excluding diaryl/α,β-unsaturated/α-hetero) is 1. The topological polar surface area (TPSA) is 69.7 Å². The summed E-state index contributed by atoms with van der Waals surface area (Å²) in [6, 6.07) is 0. The number of carbonyl (C=O) groups excluding carboxylic acids is 3. The zero-order chi connectivity index (χ0) is 23.4. The van der Waals surface area contributed by atoms with Crippen LogP contribution in [0, 0.1) is 0 Å². The summed E-state index contributed by atoms with van der Waals surface area (Å²) in [4.78, 5) is 38.1. The van der Waals surface area contributed by atoms with Gasteiger partial charge in [0.05, 0.1) is 5.57 Å². The second-order valence-corrected chi connectivity index (χ2v) is 9.10. The van der Waals surface area contributed by atoms with Gasteiger partial charge in [-0.25, -0.2) is 0 Å². The molecule has 1 heterocycles. The van der Waals surface area contributed by atoms with Crippen LogP contribution in [0.25, 0.3) is 0 Å². The fourth-order valence-electron chi connectivity index (χ4n) is 4.08. The van der Waals surface area contributed by atoms with Gasteiger partial charge in [-0.3, -0.25) is 14.4 Å². The molecule has 1 atom stereocenters. The van der Waals surface area contributed by atoms with E-state index in [2.05, 4.69) is 13.8 Å². The van der Waals surface area contributed by atoms with Crippen molar-refractivity contribution in [3.8, 4) is 0 Å². The number of esters is 1. The van der Waals surface area contributed by atoms with Crippen LogP contribution in [0.15, 0.2) is 35.3 Å².